The summed E-state index contributed by atoms with van der Waals surface area (Å²) in [6, 6.07) is 7.07. The first-order valence-electron chi connectivity index (χ1n) is 6.86. The number of hydrogen-bond acceptors (Lipinski definition) is 3. The van der Waals surface area contributed by atoms with Crippen molar-refractivity contribution in [3.63, 3.8) is 0 Å². The highest BCUT2D eigenvalue weighted by molar-refractivity contribution is 7.99. The third-order valence-corrected chi connectivity index (χ3v) is 4.90. The van der Waals surface area contributed by atoms with Crippen molar-refractivity contribution < 1.29 is 0 Å². The molecule has 0 radical (unpaired) electrons. The minimum Gasteiger partial charge on any atom is -0.398 e. The molecule has 2 N–H and O–H groups in total. The molecule has 3 heteroatoms. The Labute approximate surface area is 115 Å². The van der Waals surface area contributed by atoms with Crippen molar-refractivity contribution in [2.24, 2.45) is 0 Å². The third-order valence-electron chi connectivity index (χ3n) is 3.80. The molecule has 1 atom stereocenters. The van der Waals surface area contributed by atoms with Crippen LogP contribution in [0.25, 0.3) is 0 Å². The number of nitrogens with two attached hydrogens (primary N) is 1. The lowest BCUT2D eigenvalue weighted by Crippen LogP contribution is -2.36. The average Bonchev–Trinajstić information content (AvgIpc) is 2.36. The Bertz CT molecular complexity index is 392. The second kappa shape index (κ2) is 6.48. The molecule has 1 unspecified atom stereocenters. The van der Waals surface area contributed by atoms with Crippen LogP contribution in [0.4, 0.5) is 5.69 Å². The van der Waals surface area contributed by atoms with E-state index in [0.29, 0.717) is 0 Å². The SMILES string of the molecule is Cc1ccc(N)c(SCCC2CCCCN2C)c1. The van der Waals surface area contributed by atoms with E-state index in [2.05, 4.69) is 31.0 Å². The molecule has 1 aromatic carbocycles. The van der Waals surface area contributed by atoms with Crippen molar-refractivity contribution in [1.82, 2.24) is 4.90 Å². The van der Waals surface area contributed by atoms with Gasteiger partial charge in [-0.3, -0.25) is 0 Å². The van der Waals surface area contributed by atoms with Crippen LogP contribution in [0.15, 0.2) is 23.1 Å². The van der Waals surface area contributed by atoms with Crippen LogP contribution in [-0.4, -0.2) is 30.3 Å². The van der Waals surface area contributed by atoms with Gasteiger partial charge in [0.25, 0.3) is 0 Å². The molecule has 0 saturated carbocycles. The van der Waals surface area contributed by atoms with Crippen molar-refractivity contribution in [1.29, 1.82) is 0 Å². The number of aryl methyl sites for hydroxylation is 1. The molecule has 0 bridgehead atoms. The minimum atomic E-state index is 0.775. The second-order valence-electron chi connectivity index (χ2n) is 5.31. The number of rotatable bonds is 4. The number of anilines is 1. The van der Waals surface area contributed by atoms with Crippen LogP contribution in [0, 0.1) is 6.92 Å². The van der Waals surface area contributed by atoms with Crippen molar-refractivity contribution >= 4 is 17.4 Å². The molecule has 1 saturated heterocycles. The van der Waals surface area contributed by atoms with Gasteiger partial charge in [0.15, 0.2) is 0 Å². The Hall–Kier alpha value is -0.670. The molecule has 0 aliphatic carbocycles. The Morgan fingerprint density at radius 3 is 3.00 bits per heavy atom. The smallest absolute Gasteiger partial charge is 0.0452 e. The monoisotopic (exact) mass is 264 g/mol. The highest BCUT2D eigenvalue weighted by Crippen LogP contribution is 2.28. The van der Waals surface area contributed by atoms with Crippen LogP contribution in [0.1, 0.15) is 31.2 Å². The second-order valence-corrected chi connectivity index (χ2v) is 6.45. The van der Waals surface area contributed by atoms with Gasteiger partial charge < -0.3 is 10.6 Å². The van der Waals surface area contributed by atoms with E-state index < -0.39 is 0 Å². The summed E-state index contributed by atoms with van der Waals surface area (Å²) in [5.74, 6) is 1.17. The molecule has 0 spiro atoms. The van der Waals surface area contributed by atoms with Crippen molar-refractivity contribution in [2.45, 2.75) is 43.5 Å². The lowest BCUT2D eigenvalue weighted by Gasteiger charge is -2.32. The van der Waals surface area contributed by atoms with Gasteiger partial charge in [-0.1, -0.05) is 12.5 Å². The molecular weight excluding hydrogens is 240 g/mol. The molecule has 1 aromatic rings. The van der Waals surface area contributed by atoms with Crippen molar-refractivity contribution in [3.8, 4) is 0 Å². The zero-order chi connectivity index (χ0) is 13.0. The zero-order valence-electron chi connectivity index (χ0n) is 11.5. The van der Waals surface area contributed by atoms with Crippen LogP contribution in [-0.2, 0) is 0 Å². The fourth-order valence-electron chi connectivity index (χ4n) is 2.58. The van der Waals surface area contributed by atoms with Gasteiger partial charge in [0.05, 0.1) is 0 Å². The number of hydrogen-bond donors (Lipinski definition) is 1. The van der Waals surface area contributed by atoms with E-state index in [1.165, 1.54) is 48.4 Å². The molecule has 100 valence electrons. The fourth-order valence-corrected chi connectivity index (χ4v) is 3.69. The minimum absolute atomic E-state index is 0.775. The number of benzene rings is 1. The van der Waals surface area contributed by atoms with Gasteiger partial charge in [-0.2, -0.15) is 0 Å². The fraction of sp³-hybridized carbons (Fsp3) is 0.600. The van der Waals surface area contributed by atoms with E-state index in [1.54, 1.807) is 0 Å². The van der Waals surface area contributed by atoms with Crippen molar-refractivity contribution in [3.05, 3.63) is 23.8 Å². The molecule has 1 fully saturated rings. The van der Waals surface area contributed by atoms with Crippen LogP contribution in [0.3, 0.4) is 0 Å². The zero-order valence-corrected chi connectivity index (χ0v) is 12.3. The van der Waals surface area contributed by atoms with Gasteiger partial charge in [-0.25, -0.2) is 0 Å². The van der Waals surface area contributed by atoms with Gasteiger partial charge in [0.1, 0.15) is 0 Å². The predicted octanol–water partition coefficient (Wildman–Crippen LogP) is 3.54. The normalized spacial score (nSPS) is 21.1. The van der Waals surface area contributed by atoms with E-state index >= 15 is 0 Å². The summed E-state index contributed by atoms with van der Waals surface area (Å²) in [4.78, 5) is 3.76. The van der Waals surface area contributed by atoms with E-state index in [0.717, 1.165) is 11.7 Å². The predicted molar refractivity (Wildman–Crippen MR) is 81.2 cm³/mol. The third kappa shape index (κ3) is 3.66. The molecule has 1 aliphatic heterocycles. The summed E-state index contributed by atoms with van der Waals surface area (Å²) in [5.41, 5.74) is 8.22. The van der Waals surface area contributed by atoms with E-state index in [1.807, 2.05) is 17.8 Å². The molecule has 2 nitrogen and oxygen atoms in total. The Morgan fingerprint density at radius 1 is 1.39 bits per heavy atom. The summed E-state index contributed by atoms with van der Waals surface area (Å²) in [7, 11) is 2.26. The lowest BCUT2D eigenvalue weighted by atomic mass is 10.0. The number of nitrogen functional groups attached to an aromatic ring is 1. The highest BCUT2D eigenvalue weighted by atomic mass is 32.2. The summed E-state index contributed by atoms with van der Waals surface area (Å²) >= 11 is 1.91. The number of piperidine rings is 1. The summed E-state index contributed by atoms with van der Waals surface area (Å²) in [5, 5.41) is 0. The maximum absolute atomic E-state index is 6.00. The van der Waals surface area contributed by atoms with E-state index in [9.17, 15) is 0 Å². The van der Waals surface area contributed by atoms with Crippen LogP contribution >= 0.6 is 11.8 Å². The quantitative estimate of drug-likeness (QED) is 0.666. The highest BCUT2D eigenvalue weighted by Gasteiger charge is 2.18. The van der Waals surface area contributed by atoms with Crippen LogP contribution < -0.4 is 5.73 Å². The van der Waals surface area contributed by atoms with Gasteiger partial charge >= 0.3 is 0 Å². The van der Waals surface area contributed by atoms with Crippen molar-refractivity contribution in [2.75, 3.05) is 25.1 Å². The summed E-state index contributed by atoms with van der Waals surface area (Å²) < 4.78 is 0. The Morgan fingerprint density at radius 2 is 2.22 bits per heavy atom. The number of thioether (sulfide) groups is 1. The Balaban J connectivity index is 1.82. The molecule has 1 aliphatic rings. The van der Waals surface area contributed by atoms with E-state index in [-0.39, 0.29) is 0 Å². The molecule has 0 amide bonds. The number of likely N-dealkylation sites (tertiary alicyclic amines) is 1. The Kier molecular flexibility index (Phi) is 4.95. The molecule has 2 rings (SSSR count). The summed E-state index contributed by atoms with van der Waals surface area (Å²) in [6.45, 7) is 3.39. The number of nitrogens with zero attached hydrogens (tertiary/aromatic N) is 1. The van der Waals surface area contributed by atoms with Gasteiger partial charge in [0, 0.05) is 16.6 Å². The first-order chi connectivity index (χ1) is 8.66. The van der Waals surface area contributed by atoms with Crippen LogP contribution in [0.5, 0.6) is 0 Å². The van der Waals surface area contributed by atoms with E-state index in [4.69, 9.17) is 5.73 Å². The first kappa shape index (κ1) is 13.8. The maximum atomic E-state index is 6.00. The molecule has 1 heterocycles. The van der Waals surface area contributed by atoms with Gasteiger partial charge in [-0.15, -0.1) is 11.8 Å². The maximum Gasteiger partial charge on any atom is 0.0452 e. The van der Waals surface area contributed by atoms with Gasteiger partial charge in [0.2, 0.25) is 0 Å². The first-order valence-corrected chi connectivity index (χ1v) is 7.84. The van der Waals surface area contributed by atoms with Crippen LogP contribution in [0.2, 0.25) is 0 Å². The molecule has 0 aromatic heterocycles. The largest absolute Gasteiger partial charge is 0.398 e. The van der Waals surface area contributed by atoms with Gasteiger partial charge in [-0.05, 0) is 63.2 Å². The topological polar surface area (TPSA) is 29.3 Å². The molecular formula is C15H24N2S. The standard InChI is InChI=1S/C15H24N2S/c1-12-6-7-14(16)15(11-12)18-10-8-13-5-3-4-9-17(13)2/h6-7,11,13H,3-5,8-10,16H2,1-2H3. The summed E-state index contributed by atoms with van der Waals surface area (Å²) in [6.07, 6.45) is 5.39. The molecule has 18 heavy (non-hydrogen) atoms. The average molecular weight is 264 g/mol. The lowest BCUT2D eigenvalue weighted by molar-refractivity contribution is 0.182.